The maximum atomic E-state index is 11.3. The molecule has 86 valence electrons. The molecule has 8 heteroatoms. The zero-order valence-corrected chi connectivity index (χ0v) is 10.5. The van der Waals surface area contributed by atoms with E-state index in [4.69, 9.17) is 34.8 Å². The van der Waals surface area contributed by atoms with Gasteiger partial charge in [-0.25, -0.2) is 0 Å². The second-order valence-corrected chi connectivity index (χ2v) is 4.72. The predicted octanol–water partition coefficient (Wildman–Crippen LogP) is 1.94. The van der Waals surface area contributed by atoms with Gasteiger partial charge in [-0.3, -0.25) is 4.79 Å². The van der Waals surface area contributed by atoms with E-state index >= 15 is 0 Å². The Hall–Kier alpha value is -0.750. The smallest absolute Gasteiger partial charge is 0.269 e. The lowest BCUT2D eigenvalue weighted by Gasteiger charge is -2.06. The van der Waals surface area contributed by atoms with Crippen LogP contribution in [0.1, 0.15) is 9.67 Å². The Balaban J connectivity index is 2.90. The van der Waals surface area contributed by atoms with Crippen LogP contribution in [0.4, 0.5) is 5.69 Å². The van der Waals surface area contributed by atoms with Gasteiger partial charge in [0.2, 0.25) is 0 Å². The van der Waals surface area contributed by atoms with Crippen LogP contribution in [0, 0.1) is 0 Å². The van der Waals surface area contributed by atoms with Gasteiger partial charge in [0.05, 0.1) is 16.5 Å². The van der Waals surface area contributed by atoms with Crippen molar-refractivity contribution in [1.82, 2.24) is 0 Å². The fraction of sp³-hybridized carbons (Fsp3) is 0. The second-order valence-electron chi connectivity index (χ2n) is 2.48. The number of aromatic carboxylic acids is 1. The standard InChI is InChI=1S/C8H4Cl3NO3S/c9-4(6(10)11)7(13)12-3-1-2-16-5(3)8(14)15/h1-2H,(H,12,13)(H,14,15)/p-1. The van der Waals surface area contributed by atoms with Gasteiger partial charge in [0.1, 0.15) is 9.52 Å². The van der Waals surface area contributed by atoms with Crippen LogP contribution < -0.4 is 10.4 Å². The zero-order chi connectivity index (χ0) is 12.3. The first-order chi connectivity index (χ1) is 7.43. The fourth-order valence-electron chi connectivity index (χ4n) is 0.829. The van der Waals surface area contributed by atoms with Crippen molar-refractivity contribution < 1.29 is 14.7 Å². The lowest BCUT2D eigenvalue weighted by atomic mass is 10.4. The lowest BCUT2D eigenvalue weighted by Crippen LogP contribution is -2.23. The molecule has 0 fully saturated rings. The number of carboxylic acids is 1. The van der Waals surface area contributed by atoms with Crippen molar-refractivity contribution in [3.05, 3.63) is 25.8 Å². The molecule has 0 radical (unpaired) electrons. The molecular formula is C8H3Cl3NO3S-. The summed E-state index contributed by atoms with van der Waals surface area (Å²) in [7, 11) is 0. The maximum absolute atomic E-state index is 11.3. The van der Waals surface area contributed by atoms with Crippen LogP contribution in [0.2, 0.25) is 0 Å². The average molecular weight is 300 g/mol. The minimum absolute atomic E-state index is 0.0859. The number of thiophene rings is 1. The molecule has 0 aromatic carbocycles. The third-order valence-corrected chi connectivity index (χ3v) is 3.29. The van der Waals surface area contributed by atoms with Gasteiger partial charge in [0.15, 0.2) is 0 Å². The van der Waals surface area contributed by atoms with Gasteiger partial charge < -0.3 is 15.2 Å². The highest BCUT2D eigenvalue weighted by atomic mass is 35.5. The SMILES string of the molecule is O=C(Nc1ccsc1C(=O)[O-])C(Cl)=C(Cl)Cl. The molecule has 0 aliphatic heterocycles. The Morgan fingerprint density at radius 1 is 1.31 bits per heavy atom. The van der Waals surface area contributed by atoms with Crippen molar-refractivity contribution >= 4 is 63.7 Å². The molecule has 16 heavy (non-hydrogen) atoms. The van der Waals surface area contributed by atoms with E-state index in [0.29, 0.717) is 0 Å². The van der Waals surface area contributed by atoms with E-state index in [9.17, 15) is 14.7 Å². The number of rotatable bonds is 3. The first-order valence-electron chi connectivity index (χ1n) is 3.74. The molecule has 1 N–H and O–H groups in total. The number of amides is 1. The van der Waals surface area contributed by atoms with E-state index in [2.05, 4.69) is 5.32 Å². The van der Waals surface area contributed by atoms with E-state index in [-0.39, 0.29) is 10.6 Å². The number of halogens is 3. The monoisotopic (exact) mass is 298 g/mol. The highest BCUT2D eigenvalue weighted by Crippen LogP contribution is 2.24. The molecule has 0 aliphatic carbocycles. The molecule has 1 aromatic rings. The summed E-state index contributed by atoms with van der Waals surface area (Å²) in [5.41, 5.74) is 0.0859. The molecule has 0 unspecified atom stereocenters. The first kappa shape index (κ1) is 13.3. The highest BCUT2D eigenvalue weighted by molar-refractivity contribution is 7.12. The van der Waals surface area contributed by atoms with Crippen molar-refractivity contribution in [1.29, 1.82) is 0 Å². The highest BCUT2D eigenvalue weighted by Gasteiger charge is 2.14. The van der Waals surface area contributed by atoms with Crippen LogP contribution >= 0.6 is 46.1 Å². The molecule has 1 heterocycles. The van der Waals surface area contributed by atoms with E-state index in [1.165, 1.54) is 11.4 Å². The minimum Gasteiger partial charge on any atom is -0.544 e. The summed E-state index contributed by atoms with van der Waals surface area (Å²) in [5, 5.41) is 13.9. The second kappa shape index (κ2) is 5.54. The number of hydrogen-bond donors (Lipinski definition) is 1. The Morgan fingerprint density at radius 3 is 2.44 bits per heavy atom. The van der Waals surface area contributed by atoms with Crippen LogP contribution in [-0.4, -0.2) is 11.9 Å². The third-order valence-electron chi connectivity index (χ3n) is 1.46. The van der Waals surface area contributed by atoms with Gasteiger partial charge >= 0.3 is 0 Å². The summed E-state index contributed by atoms with van der Waals surface area (Å²) < 4.78 is -0.399. The minimum atomic E-state index is -1.39. The zero-order valence-electron chi connectivity index (χ0n) is 7.42. The number of carbonyl (C=O) groups is 2. The molecule has 0 atom stereocenters. The van der Waals surface area contributed by atoms with Crippen LogP contribution in [0.3, 0.4) is 0 Å². The number of hydrogen-bond acceptors (Lipinski definition) is 4. The van der Waals surface area contributed by atoms with Gasteiger partial charge in [0.25, 0.3) is 5.91 Å². The van der Waals surface area contributed by atoms with Gasteiger partial charge in [0, 0.05) is 0 Å². The van der Waals surface area contributed by atoms with Crippen molar-refractivity contribution in [3.63, 3.8) is 0 Å². The van der Waals surface area contributed by atoms with Crippen LogP contribution in [0.15, 0.2) is 21.0 Å². The van der Waals surface area contributed by atoms with Gasteiger partial charge in [-0.15, -0.1) is 11.3 Å². The number of carbonyl (C=O) groups excluding carboxylic acids is 2. The molecule has 0 bridgehead atoms. The summed E-state index contributed by atoms with van der Waals surface area (Å²) >= 11 is 17.0. The number of anilines is 1. The summed E-state index contributed by atoms with van der Waals surface area (Å²) in [6.45, 7) is 0. The number of carboxylic acid groups (broad SMARTS) is 1. The predicted molar refractivity (Wildman–Crippen MR) is 61.9 cm³/mol. The molecule has 1 amide bonds. The van der Waals surface area contributed by atoms with Crippen LogP contribution in [-0.2, 0) is 4.79 Å². The Labute approximate surface area is 109 Å². The summed E-state index contributed by atoms with van der Waals surface area (Å²) in [6.07, 6.45) is 0. The van der Waals surface area contributed by atoms with Gasteiger partial charge in [-0.2, -0.15) is 0 Å². The van der Waals surface area contributed by atoms with Crippen molar-refractivity contribution in [2.24, 2.45) is 0 Å². The van der Waals surface area contributed by atoms with E-state index in [1.807, 2.05) is 0 Å². The molecule has 0 aliphatic rings. The fourth-order valence-corrected chi connectivity index (χ4v) is 1.73. The Kier molecular flexibility index (Phi) is 4.61. The van der Waals surface area contributed by atoms with Gasteiger partial charge in [-0.05, 0) is 11.4 Å². The molecule has 1 rings (SSSR count). The topological polar surface area (TPSA) is 69.2 Å². The van der Waals surface area contributed by atoms with Crippen molar-refractivity contribution in [3.8, 4) is 0 Å². The van der Waals surface area contributed by atoms with Crippen molar-refractivity contribution in [2.75, 3.05) is 5.32 Å². The summed E-state index contributed by atoms with van der Waals surface area (Å²) in [6, 6.07) is 1.40. The lowest BCUT2D eigenvalue weighted by molar-refractivity contribution is -0.254. The van der Waals surface area contributed by atoms with E-state index < -0.39 is 21.4 Å². The Bertz CT molecular complexity index is 465. The average Bonchev–Trinajstić information content (AvgIpc) is 2.64. The van der Waals surface area contributed by atoms with Crippen LogP contribution in [0.5, 0.6) is 0 Å². The largest absolute Gasteiger partial charge is 0.544 e. The molecule has 0 spiro atoms. The first-order valence-corrected chi connectivity index (χ1v) is 5.75. The van der Waals surface area contributed by atoms with Crippen LogP contribution in [0.25, 0.3) is 0 Å². The van der Waals surface area contributed by atoms with Crippen molar-refractivity contribution in [2.45, 2.75) is 0 Å². The summed E-state index contributed by atoms with van der Waals surface area (Å²) in [4.78, 5) is 21.9. The molecule has 0 saturated carbocycles. The molecule has 1 aromatic heterocycles. The Morgan fingerprint density at radius 2 is 1.94 bits per heavy atom. The van der Waals surface area contributed by atoms with Gasteiger partial charge in [-0.1, -0.05) is 34.8 Å². The van der Waals surface area contributed by atoms with E-state index in [1.54, 1.807) is 0 Å². The van der Waals surface area contributed by atoms with E-state index in [0.717, 1.165) is 11.3 Å². The third kappa shape index (κ3) is 3.12. The molecule has 4 nitrogen and oxygen atoms in total. The maximum Gasteiger partial charge on any atom is 0.269 e. The summed E-state index contributed by atoms with van der Waals surface area (Å²) in [5.74, 6) is -2.18. The normalized spacial score (nSPS) is 9.69. The molecule has 0 saturated heterocycles. The number of nitrogens with one attached hydrogen (secondary N) is 1. The quantitative estimate of drug-likeness (QED) is 0.867. The molecular weight excluding hydrogens is 297 g/mol.